The van der Waals surface area contributed by atoms with Crippen LogP contribution in [0.1, 0.15) is 24.9 Å². The first-order valence-corrected chi connectivity index (χ1v) is 7.27. The lowest BCUT2D eigenvalue weighted by atomic mass is 9.95. The van der Waals surface area contributed by atoms with Gasteiger partial charge < -0.3 is 5.32 Å². The van der Waals surface area contributed by atoms with Crippen LogP contribution in [0.15, 0.2) is 42.5 Å². The van der Waals surface area contributed by atoms with E-state index in [0.717, 1.165) is 5.56 Å². The third-order valence-corrected chi connectivity index (χ3v) is 4.08. The third-order valence-electron chi connectivity index (χ3n) is 3.50. The molecule has 1 aromatic rings. The van der Waals surface area contributed by atoms with Crippen molar-refractivity contribution in [3.63, 3.8) is 0 Å². The summed E-state index contributed by atoms with van der Waals surface area (Å²) in [6.45, 7) is 1.98. The molecule has 19 heavy (non-hydrogen) atoms. The zero-order valence-electron chi connectivity index (χ0n) is 10.7. The number of nitrogens with one attached hydrogen (secondary N) is 1. The molecule has 0 fully saturated rings. The van der Waals surface area contributed by atoms with E-state index >= 15 is 0 Å². The first-order valence-electron chi connectivity index (χ1n) is 6.39. The molecule has 102 valence electrons. The van der Waals surface area contributed by atoms with E-state index in [2.05, 4.69) is 5.32 Å². The Morgan fingerprint density at radius 3 is 2.63 bits per heavy atom. The van der Waals surface area contributed by atoms with Gasteiger partial charge in [-0.05, 0) is 18.9 Å². The first kappa shape index (κ1) is 14.4. The molecule has 0 aromatic heterocycles. The van der Waals surface area contributed by atoms with Gasteiger partial charge in [0.15, 0.2) is 0 Å². The Labute approximate surface area is 123 Å². The maximum absolute atomic E-state index is 12.3. The number of allylic oxidation sites excluding steroid dienone is 2. The number of halogens is 2. The minimum Gasteiger partial charge on any atom is -0.349 e. The molecule has 0 unspecified atom stereocenters. The van der Waals surface area contributed by atoms with Gasteiger partial charge in [0.05, 0.1) is 12.0 Å². The summed E-state index contributed by atoms with van der Waals surface area (Å²) in [6, 6.07) is 9.87. The minimum atomic E-state index is -0.540. The minimum absolute atomic E-state index is 0.0117. The fourth-order valence-corrected chi connectivity index (χ4v) is 2.88. The van der Waals surface area contributed by atoms with Gasteiger partial charge in [-0.2, -0.15) is 0 Å². The Balaban J connectivity index is 1.98. The molecule has 1 N–H and O–H groups in total. The van der Waals surface area contributed by atoms with Crippen LogP contribution >= 0.6 is 23.2 Å². The van der Waals surface area contributed by atoms with E-state index in [1.807, 2.05) is 49.4 Å². The Morgan fingerprint density at radius 1 is 1.32 bits per heavy atom. The Hall–Kier alpha value is -0.990. The molecule has 1 amide bonds. The van der Waals surface area contributed by atoms with Crippen molar-refractivity contribution in [2.75, 3.05) is 0 Å². The summed E-state index contributed by atoms with van der Waals surface area (Å²) < 4.78 is 0. The van der Waals surface area contributed by atoms with Crippen molar-refractivity contribution in [1.82, 2.24) is 5.32 Å². The van der Waals surface area contributed by atoms with E-state index in [4.69, 9.17) is 23.2 Å². The molecule has 0 heterocycles. The Kier molecular flexibility index (Phi) is 4.89. The van der Waals surface area contributed by atoms with Gasteiger partial charge in [-0.1, -0.05) is 42.5 Å². The summed E-state index contributed by atoms with van der Waals surface area (Å²) in [5.41, 5.74) is 1.09. The number of benzene rings is 1. The number of carbonyl (C=O) groups excluding carboxylic acids is 1. The maximum Gasteiger partial charge on any atom is 0.224 e. The van der Waals surface area contributed by atoms with Crippen LogP contribution in [0.5, 0.6) is 0 Å². The molecule has 0 saturated carbocycles. The molecular formula is C15H17Cl2NO. The highest BCUT2D eigenvalue weighted by molar-refractivity contribution is 6.44. The highest BCUT2D eigenvalue weighted by atomic mass is 35.5. The van der Waals surface area contributed by atoms with E-state index in [9.17, 15) is 4.79 Å². The van der Waals surface area contributed by atoms with Crippen LogP contribution in [-0.4, -0.2) is 10.7 Å². The molecule has 4 heteroatoms. The number of amides is 1. The molecule has 2 nitrogen and oxygen atoms in total. The lowest BCUT2D eigenvalue weighted by molar-refractivity contribution is -0.126. The van der Waals surface area contributed by atoms with Crippen molar-refractivity contribution in [3.8, 4) is 0 Å². The smallest absolute Gasteiger partial charge is 0.224 e. The van der Waals surface area contributed by atoms with Crippen LogP contribution in [0.3, 0.4) is 0 Å². The lowest BCUT2D eigenvalue weighted by Gasteiger charge is -2.22. The van der Waals surface area contributed by atoms with E-state index in [0.29, 0.717) is 6.42 Å². The normalized spacial score (nSPS) is 23.6. The van der Waals surface area contributed by atoms with Gasteiger partial charge in [0.2, 0.25) is 5.91 Å². The van der Waals surface area contributed by atoms with Crippen LogP contribution in [-0.2, 0) is 4.79 Å². The fourth-order valence-electron chi connectivity index (χ4n) is 2.36. The maximum atomic E-state index is 12.3. The van der Waals surface area contributed by atoms with Crippen LogP contribution in [0.2, 0.25) is 0 Å². The van der Waals surface area contributed by atoms with Gasteiger partial charge in [-0.3, -0.25) is 4.79 Å². The first-order chi connectivity index (χ1) is 9.09. The van der Waals surface area contributed by atoms with Crippen molar-refractivity contribution in [2.45, 2.75) is 24.2 Å². The van der Waals surface area contributed by atoms with Gasteiger partial charge in [0.1, 0.15) is 4.84 Å². The highest BCUT2D eigenvalue weighted by Gasteiger charge is 2.33. The van der Waals surface area contributed by atoms with Crippen LogP contribution in [0.25, 0.3) is 0 Å². The van der Waals surface area contributed by atoms with Gasteiger partial charge in [-0.25, -0.2) is 0 Å². The van der Waals surface area contributed by atoms with Crippen LogP contribution in [0.4, 0.5) is 0 Å². The third kappa shape index (κ3) is 3.52. The largest absolute Gasteiger partial charge is 0.349 e. The van der Waals surface area contributed by atoms with Crippen molar-refractivity contribution in [3.05, 3.63) is 48.0 Å². The summed E-state index contributed by atoms with van der Waals surface area (Å²) in [5.74, 6) is -0.241. The molecule has 0 aliphatic heterocycles. The quantitative estimate of drug-likeness (QED) is 0.663. The predicted molar refractivity (Wildman–Crippen MR) is 79.2 cm³/mol. The summed E-state index contributed by atoms with van der Waals surface area (Å²) >= 11 is 11.8. The summed E-state index contributed by atoms with van der Waals surface area (Å²) in [5, 5.41) is 3.03. The zero-order chi connectivity index (χ0) is 13.8. The lowest BCUT2D eigenvalue weighted by Crippen LogP contribution is -2.36. The average molecular weight is 298 g/mol. The Morgan fingerprint density at radius 2 is 2.00 bits per heavy atom. The number of carbonyl (C=O) groups is 1. The number of hydrogen-bond donors (Lipinski definition) is 1. The Bertz CT molecular complexity index is 458. The zero-order valence-corrected chi connectivity index (χ0v) is 12.2. The molecule has 2 rings (SSSR count). The molecule has 3 atom stereocenters. The van der Waals surface area contributed by atoms with Crippen molar-refractivity contribution >= 4 is 29.1 Å². The molecule has 1 aliphatic rings. The molecule has 1 aliphatic carbocycles. The summed E-state index contributed by atoms with van der Waals surface area (Å²) in [4.78, 5) is 11.7. The summed E-state index contributed by atoms with van der Waals surface area (Å²) in [7, 11) is 0. The van der Waals surface area contributed by atoms with E-state index in [1.54, 1.807) is 0 Å². The average Bonchev–Trinajstić information content (AvgIpc) is 2.89. The number of hydrogen-bond acceptors (Lipinski definition) is 1. The van der Waals surface area contributed by atoms with Gasteiger partial charge >= 0.3 is 0 Å². The molecule has 0 saturated heterocycles. The van der Waals surface area contributed by atoms with E-state index < -0.39 is 4.84 Å². The van der Waals surface area contributed by atoms with Crippen molar-refractivity contribution in [2.24, 2.45) is 11.8 Å². The van der Waals surface area contributed by atoms with E-state index in [1.165, 1.54) is 0 Å². The molecule has 0 spiro atoms. The standard InChI is InChI=1S/C15H17Cl2NO/c1-10(11-6-3-2-4-7-11)18-15(19)13-9-5-8-12(13)14(16)17/h2-8,10,12-14H,9H2,1H3,(H,18,19)/t10-,12+,13-/m1/s1. The van der Waals surface area contributed by atoms with E-state index in [-0.39, 0.29) is 23.8 Å². The van der Waals surface area contributed by atoms with Crippen LogP contribution < -0.4 is 5.32 Å². The van der Waals surface area contributed by atoms with Gasteiger partial charge in [0.25, 0.3) is 0 Å². The highest BCUT2D eigenvalue weighted by Crippen LogP contribution is 2.33. The predicted octanol–water partition coefficient (Wildman–Crippen LogP) is 3.86. The SMILES string of the molecule is C[C@@H](NC(=O)[C@@H]1CC=C[C@@H]1C(Cl)Cl)c1ccccc1. The van der Waals surface area contributed by atoms with Gasteiger partial charge in [0, 0.05) is 5.92 Å². The summed E-state index contributed by atoms with van der Waals surface area (Å²) in [6.07, 6.45) is 4.61. The second-order valence-electron chi connectivity index (χ2n) is 4.82. The second kappa shape index (κ2) is 6.44. The molecule has 0 bridgehead atoms. The topological polar surface area (TPSA) is 29.1 Å². The second-order valence-corrected chi connectivity index (χ2v) is 5.99. The fraction of sp³-hybridized carbons (Fsp3) is 0.400. The van der Waals surface area contributed by atoms with Gasteiger partial charge in [-0.15, -0.1) is 23.2 Å². The monoisotopic (exact) mass is 297 g/mol. The number of alkyl halides is 2. The molecular weight excluding hydrogens is 281 g/mol. The van der Waals surface area contributed by atoms with Crippen LogP contribution in [0, 0.1) is 11.8 Å². The van der Waals surface area contributed by atoms with Crippen molar-refractivity contribution < 1.29 is 4.79 Å². The molecule has 1 aromatic carbocycles. The molecule has 0 radical (unpaired) electrons. The van der Waals surface area contributed by atoms with Crippen molar-refractivity contribution in [1.29, 1.82) is 0 Å². The number of rotatable bonds is 4.